The molecule has 0 aliphatic heterocycles. The van der Waals surface area contributed by atoms with E-state index in [0.717, 1.165) is 11.1 Å². The first-order valence-electron chi connectivity index (χ1n) is 11.5. The van der Waals surface area contributed by atoms with E-state index in [9.17, 15) is 19.5 Å². The van der Waals surface area contributed by atoms with Gasteiger partial charge in [0.2, 0.25) is 5.91 Å². The molecule has 1 aliphatic rings. The molecule has 0 fully saturated rings. The topological polar surface area (TPSA) is 105 Å². The van der Waals surface area contributed by atoms with Crippen molar-refractivity contribution in [2.24, 2.45) is 5.92 Å². The van der Waals surface area contributed by atoms with E-state index in [1.807, 2.05) is 31.2 Å². The third-order valence-corrected chi connectivity index (χ3v) is 6.24. The Morgan fingerprint density at radius 2 is 1.61 bits per heavy atom. The molecule has 0 radical (unpaired) electrons. The predicted molar refractivity (Wildman–Crippen MR) is 126 cm³/mol. The molecule has 0 saturated carbocycles. The van der Waals surface area contributed by atoms with E-state index in [0.29, 0.717) is 25.8 Å². The van der Waals surface area contributed by atoms with Crippen molar-refractivity contribution in [2.75, 3.05) is 13.2 Å². The second-order valence-corrected chi connectivity index (χ2v) is 8.48. The van der Waals surface area contributed by atoms with Crippen molar-refractivity contribution >= 4 is 18.0 Å². The van der Waals surface area contributed by atoms with Gasteiger partial charge in [0, 0.05) is 18.9 Å². The lowest BCUT2D eigenvalue weighted by Gasteiger charge is -2.20. The minimum atomic E-state index is -1.02. The summed E-state index contributed by atoms with van der Waals surface area (Å²) in [7, 11) is 0. The van der Waals surface area contributed by atoms with Gasteiger partial charge in [0.1, 0.15) is 12.6 Å². The lowest BCUT2D eigenvalue weighted by molar-refractivity contribution is -0.143. The number of fused-ring (bicyclic) bond motifs is 3. The number of carboxylic acids is 1. The van der Waals surface area contributed by atoms with E-state index >= 15 is 0 Å². The zero-order valence-corrected chi connectivity index (χ0v) is 19.2. The van der Waals surface area contributed by atoms with E-state index in [1.165, 1.54) is 11.1 Å². The van der Waals surface area contributed by atoms with Gasteiger partial charge in [-0.3, -0.25) is 4.79 Å². The fourth-order valence-electron chi connectivity index (χ4n) is 4.18. The molecule has 2 aromatic rings. The maximum absolute atomic E-state index is 12.2. The summed E-state index contributed by atoms with van der Waals surface area (Å²) in [6.07, 6.45) is 1.54. The number of hydrogen-bond acceptors (Lipinski definition) is 4. The summed E-state index contributed by atoms with van der Waals surface area (Å²) in [5.74, 6) is -1.43. The zero-order chi connectivity index (χ0) is 23.8. The van der Waals surface area contributed by atoms with Gasteiger partial charge in [-0.1, -0.05) is 68.8 Å². The number of carbonyl (C=O) groups excluding carboxylic acids is 2. The van der Waals surface area contributed by atoms with Crippen LogP contribution in [0.25, 0.3) is 11.1 Å². The Hall–Kier alpha value is -3.35. The number of carbonyl (C=O) groups is 3. The molecule has 1 aliphatic carbocycles. The molecule has 7 heteroatoms. The van der Waals surface area contributed by atoms with Crippen molar-refractivity contribution in [2.45, 2.75) is 51.5 Å². The molecule has 33 heavy (non-hydrogen) atoms. The minimum absolute atomic E-state index is 0.0135. The van der Waals surface area contributed by atoms with E-state index < -0.39 is 18.1 Å². The Morgan fingerprint density at radius 3 is 2.18 bits per heavy atom. The molecule has 0 bridgehead atoms. The van der Waals surface area contributed by atoms with Gasteiger partial charge in [0.25, 0.3) is 0 Å². The highest BCUT2D eigenvalue weighted by molar-refractivity contribution is 5.83. The van der Waals surface area contributed by atoms with Crippen LogP contribution in [0.2, 0.25) is 0 Å². The van der Waals surface area contributed by atoms with Gasteiger partial charge in [-0.25, -0.2) is 9.59 Å². The van der Waals surface area contributed by atoms with E-state index in [-0.39, 0.29) is 30.8 Å². The lowest BCUT2D eigenvalue weighted by atomic mass is 9.98. The number of rotatable bonds is 11. The number of hydrogen-bond donors (Lipinski definition) is 3. The summed E-state index contributed by atoms with van der Waals surface area (Å²) in [5.41, 5.74) is 4.68. The largest absolute Gasteiger partial charge is 0.480 e. The molecule has 176 valence electrons. The van der Waals surface area contributed by atoms with Crippen LogP contribution in [0, 0.1) is 5.92 Å². The molecule has 0 saturated heterocycles. The Balaban J connectivity index is 1.38. The van der Waals surface area contributed by atoms with Crippen LogP contribution >= 0.6 is 0 Å². The van der Waals surface area contributed by atoms with Gasteiger partial charge in [-0.15, -0.1) is 0 Å². The normalized spacial score (nSPS) is 14.0. The van der Waals surface area contributed by atoms with Gasteiger partial charge >= 0.3 is 12.1 Å². The van der Waals surface area contributed by atoms with Crippen molar-refractivity contribution in [3.8, 4) is 11.1 Å². The van der Waals surface area contributed by atoms with Crippen LogP contribution in [0.15, 0.2) is 48.5 Å². The molecule has 0 spiro atoms. The molecule has 2 amide bonds. The number of benzene rings is 2. The van der Waals surface area contributed by atoms with E-state index in [1.54, 1.807) is 6.92 Å². The monoisotopic (exact) mass is 452 g/mol. The van der Waals surface area contributed by atoms with Crippen LogP contribution in [-0.4, -0.2) is 42.3 Å². The van der Waals surface area contributed by atoms with Gasteiger partial charge < -0.3 is 20.5 Å². The van der Waals surface area contributed by atoms with Crippen molar-refractivity contribution < 1.29 is 24.2 Å². The highest BCUT2D eigenvalue weighted by Gasteiger charge is 2.29. The van der Waals surface area contributed by atoms with Crippen molar-refractivity contribution in [3.63, 3.8) is 0 Å². The van der Waals surface area contributed by atoms with Gasteiger partial charge in [0.05, 0.1) is 0 Å². The number of aliphatic carboxylic acids is 1. The molecule has 2 atom stereocenters. The number of amides is 2. The second kappa shape index (κ2) is 11.5. The SMILES string of the molecule is CC[C@H](C)[C@H](NC(=O)CCCCNC(=O)OCC1c2ccccc2-c2ccccc21)C(=O)O. The first-order chi connectivity index (χ1) is 15.9. The smallest absolute Gasteiger partial charge is 0.407 e. The molecular formula is C26H32N2O5. The highest BCUT2D eigenvalue weighted by atomic mass is 16.5. The first kappa shape index (κ1) is 24.3. The summed E-state index contributed by atoms with van der Waals surface area (Å²) >= 11 is 0. The molecule has 7 nitrogen and oxygen atoms in total. The third-order valence-electron chi connectivity index (χ3n) is 6.24. The quantitative estimate of drug-likeness (QED) is 0.441. The molecule has 0 aromatic heterocycles. The van der Waals surface area contributed by atoms with Crippen LogP contribution in [0.3, 0.4) is 0 Å². The summed E-state index contributed by atoms with van der Waals surface area (Å²) in [6.45, 7) is 4.34. The standard InChI is InChI=1S/C26H32N2O5/c1-3-17(2)24(25(30)31)28-23(29)14-8-9-15-27-26(32)33-16-22-20-12-6-4-10-18(20)19-11-5-7-13-21(19)22/h4-7,10-13,17,22,24H,3,8-9,14-16H2,1-2H3,(H,27,32)(H,28,29)(H,30,31)/t17-,24-/m0/s1. The fourth-order valence-corrected chi connectivity index (χ4v) is 4.18. The van der Waals surface area contributed by atoms with Crippen LogP contribution < -0.4 is 10.6 Å². The van der Waals surface area contributed by atoms with E-state index in [4.69, 9.17) is 4.74 Å². The van der Waals surface area contributed by atoms with Gasteiger partial charge in [-0.05, 0) is 41.0 Å². The molecule has 3 rings (SSSR count). The Labute approximate surface area is 194 Å². The van der Waals surface area contributed by atoms with Crippen LogP contribution in [-0.2, 0) is 14.3 Å². The Morgan fingerprint density at radius 1 is 1.00 bits per heavy atom. The number of nitrogens with one attached hydrogen (secondary N) is 2. The zero-order valence-electron chi connectivity index (χ0n) is 19.2. The third kappa shape index (κ3) is 6.12. The van der Waals surface area contributed by atoms with Crippen molar-refractivity contribution in [1.82, 2.24) is 10.6 Å². The Kier molecular flexibility index (Phi) is 8.46. The number of unbranched alkanes of at least 4 members (excludes halogenated alkanes) is 1. The van der Waals surface area contributed by atoms with E-state index in [2.05, 4.69) is 34.9 Å². The number of ether oxygens (including phenoxy) is 1. The van der Waals surface area contributed by atoms with Gasteiger partial charge in [0.15, 0.2) is 0 Å². The molecular weight excluding hydrogens is 420 g/mol. The number of alkyl carbamates (subject to hydrolysis) is 1. The maximum atomic E-state index is 12.2. The van der Waals surface area contributed by atoms with Crippen LogP contribution in [0.5, 0.6) is 0 Å². The van der Waals surface area contributed by atoms with Gasteiger partial charge in [-0.2, -0.15) is 0 Å². The molecule has 2 aromatic carbocycles. The molecule has 3 N–H and O–H groups in total. The second-order valence-electron chi connectivity index (χ2n) is 8.48. The molecule has 0 heterocycles. The summed E-state index contributed by atoms with van der Waals surface area (Å²) in [5, 5.41) is 14.6. The average molecular weight is 453 g/mol. The Bertz CT molecular complexity index is 945. The predicted octanol–water partition coefficient (Wildman–Crippen LogP) is 4.31. The van der Waals surface area contributed by atoms with Crippen molar-refractivity contribution in [1.29, 1.82) is 0 Å². The fraction of sp³-hybridized carbons (Fsp3) is 0.423. The number of carboxylic acid groups (broad SMARTS) is 1. The maximum Gasteiger partial charge on any atom is 0.407 e. The highest BCUT2D eigenvalue weighted by Crippen LogP contribution is 2.44. The summed E-state index contributed by atoms with van der Waals surface area (Å²) in [6, 6.07) is 15.5. The van der Waals surface area contributed by atoms with Crippen LogP contribution in [0.1, 0.15) is 56.6 Å². The van der Waals surface area contributed by atoms with Crippen LogP contribution in [0.4, 0.5) is 4.79 Å². The molecule has 0 unspecified atom stereocenters. The van der Waals surface area contributed by atoms with Crippen molar-refractivity contribution in [3.05, 3.63) is 59.7 Å². The average Bonchev–Trinajstić information content (AvgIpc) is 3.14. The first-order valence-corrected chi connectivity index (χ1v) is 11.5. The summed E-state index contributed by atoms with van der Waals surface area (Å²) < 4.78 is 5.49. The lowest BCUT2D eigenvalue weighted by Crippen LogP contribution is -2.44. The minimum Gasteiger partial charge on any atom is -0.480 e. The summed E-state index contributed by atoms with van der Waals surface area (Å²) in [4.78, 5) is 35.5.